The Balaban J connectivity index is 0.000000325. The van der Waals surface area contributed by atoms with Crippen LogP contribution >= 0.6 is 0 Å². The lowest BCUT2D eigenvalue weighted by molar-refractivity contribution is -0.147. The van der Waals surface area contributed by atoms with E-state index in [1.165, 1.54) is 12.3 Å². The summed E-state index contributed by atoms with van der Waals surface area (Å²) in [5.74, 6) is -3.06. The summed E-state index contributed by atoms with van der Waals surface area (Å²) in [6.45, 7) is 0. The Kier molecular flexibility index (Phi) is 6.52. The molecule has 1 aromatic rings. The van der Waals surface area contributed by atoms with Crippen LogP contribution in [0.2, 0.25) is 0 Å². The molecule has 0 saturated carbocycles. The van der Waals surface area contributed by atoms with Gasteiger partial charge in [-0.25, -0.2) is 4.79 Å². The maximum absolute atomic E-state index is 9.97. The molecular formula is C10H10O7. The number of carbonyl (C=O) groups is 3. The van der Waals surface area contributed by atoms with Crippen molar-refractivity contribution in [1.82, 2.24) is 0 Å². The predicted molar refractivity (Wildman–Crippen MR) is 55.3 cm³/mol. The van der Waals surface area contributed by atoms with Gasteiger partial charge in [0.2, 0.25) is 0 Å². The first-order chi connectivity index (χ1) is 7.91. The molecule has 0 atom stereocenters. The van der Waals surface area contributed by atoms with Crippen LogP contribution in [-0.4, -0.2) is 33.2 Å². The first-order valence-electron chi connectivity index (χ1n) is 4.30. The molecule has 7 nitrogen and oxygen atoms in total. The molecule has 92 valence electrons. The summed E-state index contributed by atoms with van der Waals surface area (Å²) in [4.78, 5) is 28.8. The van der Waals surface area contributed by atoms with Gasteiger partial charge in [-0.2, -0.15) is 0 Å². The van der Waals surface area contributed by atoms with Gasteiger partial charge in [0, 0.05) is 6.08 Å². The van der Waals surface area contributed by atoms with Gasteiger partial charge in [-0.3, -0.25) is 9.59 Å². The van der Waals surface area contributed by atoms with E-state index >= 15 is 0 Å². The average Bonchev–Trinajstić information content (AvgIpc) is 2.65. The van der Waals surface area contributed by atoms with Crippen molar-refractivity contribution in [3.05, 3.63) is 30.2 Å². The molecule has 1 heterocycles. The summed E-state index contributed by atoms with van der Waals surface area (Å²) in [5, 5.41) is 23.6. The van der Waals surface area contributed by atoms with Crippen LogP contribution in [0.4, 0.5) is 0 Å². The van der Waals surface area contributed by atoms with Gasteiger partial charge in [-0.15, -0.1) is 0 Å². The average molecular weight is 242 g/mol. The van der Waals surface area contributed by atoms with Gasteiger partial charge < -0.3 is 19.7 Å². The maximum Gasteiger partial charge on any atom is 0.328 e. The van der Waals surface area contributed by atoms with E-state index in [1.807, 2.05) is 0 Å². The van der Waals surface area contributed by atoms with Crippen molar-refractivity contribution in [3.63, 3.8) is 0 Å². The standard InChI is InChI=1S/C7H6O3.C3H4O4/c8-7(9)4-3-6-2-1-5-10-6;4-2(5)1-3(6)7/h1-5H,(H,8,9);1H2,(H,4,5)(H,6,7). The molecule has 0 unspecified atom stereocenters. The van der Waals surface area contributed by atoms with E-state index in [-0.39, 0.29) is 0 Å². The molecule has 0 saturated heterocycles. The molecule has 0 aliphatic heterocycles. The van der Waals surface area contributed by atoms with Crippen LogP contribution in [0.1, 0.15) is 12.2 Å². The smallest absolute Gasteiger partial charge is 0.328 e. The summed E-state index contributed by atoms with van der Waals surface area (Å²) in [6.07, 6.45) is 3.10. The molecule has 1 rings (SSSR count). The van der Waals surface area contributed by atoms with Gasteiger partial charge in [0.05, 0.1) is 6.26 Å². The highest BCUT2D eigenvalue weighted by molar-refractivity contribution is 5.88. The zero-order valence-electron chi connectivity index (χ0n) is 8.57. The minimum atomic E-state index is -1.31. The fourth-order valence-corrected chi connectivity index (χ4v) is 0.669. The number of hydrogen-bond donors (Lipinski definition) is 3. The molecule has 0 bridgehead atoms. The van der Waals surface area contributed by atoms with Gasteiger partial charge in [-0.1, -0.05) is 0 Å². The first-order valence-corrected chi connectivity index (χ1v) is 4.30. The topological polar surface area (TPSA) is 125 Å². The number of aliphatic carboxylic acids is 3. The molecule has 0 amide bonds. The molecule has 1 aromatic heterocycles. The SMILES string of the molecule is O=C(O)C=Cc1ccco1.O=C(O)CC(=O)O. The minimum Gasteiger partial charge on any atom is -0.481 e. The number of furan rings is 1. The molecule has 0 spiro atoms. The predicted octanol–water partition coefficient (Wildman–Crippen LogP) is 0.923. The van der Waals surface area contributed by atoms with Crippen molar-refractivity contribution in [3.8, 4) is 0 Å². The maximum atomic E-state index is 9.97. The van der Waals surface area contributed by atoms with Crippen LogP contribution < -0.4 is 0 Å². The van der Waals surface area contributed by atoms with Gasteiger partial charge in [-0.05, 0) is 18.2 Å². The van der Waals surface area contributed by atoms with Crippen LogP contribution in [0.3, 0.4) is 0 Å². The summed E-state index contributed by atoms with van der Waals surface area (Å²) >= 11 is 0. The largest absolute Gasteiger partial charge is 0.481 e. The van der Waals surface area contributed by atoms with Gasteiger partial charge in [0.15, 0.2) is 0 Å². The third-order valence-corrected chi connectivity index (χ3v) is 1.24. The monoisotopic (exact) mass is 242 g/mol. The Morgan fingerprint density at radius 2 is 1.76 bits per heavy atom. The van der Waals surface area contributed by atoms with Gasteiger partial charge in [0.25, 0.3) is 0 Å². The lowest BCUT2D eigenvalue weighted by Crippen LogP contribution is -2.03. The molecule has 0 aliphatic rings. The zero-order chi connectivity index (χ0) is 13.3. The number of rotatable bonds is 4. The second kappa shape index (κ2) is 7.69. The normalized spacial score (nSPS) is 9.41. The Morgan fingerprint density at radius 1 is 1.18 bits per heavy atom. The molecule has 0 fully saturated rings. The number of carboxylic acid groups (broad SMARTS) is 3. The fourth-order valence-electron chi connectivity index (χ4n) is 0.669. The highest BCUT2D eigenvalue weighted by Crippen LogP contribution is 2.01. The third-order valence-electron chi connectivity index (χ3n) is 1.24. The van der Waals surface area contributed by atoms with E-state index in [0.717, 1.165) is 6.08 Å². The molecule has 3 N–H and O–H groups in total. The Morgan fingerprint density at radius 3 is 2.06 bits per heavy atom. The third kappa shape index (κ3) is 9.73. The van der Waals surface area contributed by atoms with Crippen molar-refractivity contribution in [1.29, 1.82) is 0 Å². The van der Waals surface area contributed by atoms with Gasteiger partial charge >= 0.3 is 17.9 Å². The van der Waals surface area contributed by atoms with Crippen molar-refractivity contribution in [2.24, 2.45) is 0 Å². The molecule has 0 aromatic carbocycles. The zero-order valence-corrected chi connectivity index (χ0v) is 8.57. The summed E-state index contributed by atoms with van der Waals surface area (Å²) in [7, 11) is 0. The lowest BCUT2D eigenvalue weighted by atomic mass is 10.4. The summed E-state index contributed by atoms with van der Waals surface area (Å²) in [5.41, 5.74) is 0. The second-order valence-corrected chi connectivity index (χ2v) is 2.65. The van der Waals surface area contributed by atoms with E-state index in [1.54, 1.807) is 12.1 Å². The van der Waals surface area contributed by atoms with Crippen LogP contribution in [0.15, 0.2) is 28.9 Å². The Hall–Kier alpha value is -2.57. The van der Waals surface area contributed by atoms with Gasteiger partial charge in [0.1, 0.15) is 12.2 Å². The van der Waals surface area contributed by atoms with Crippen LogP contribution in [0.25, 0.3) is 6.08 Å². The Labute approximate surface area is 95.6 Å². The quantitative estimate of drug-likeness (QED) is 0.529. The highest BCUT2D eigenvalue weighted by atomic mass is 16.4. The van der Waals surface area contributed by atoms with E-state index in [2.05, 4.69) is 0 Å². The van der Waals surface area contributed by atoms with E-state index in [4.69, 9.17) is 19.7 Å². The van der Waals surface area contributed by atoms with Crippen molar-refractivity contribution < 1.29 is 34.1 Å². The lowest BCUT2D eigenvalue weighted by Gasteiger charge is -1.80. The van der Waals surface area contributed by atoms with Crippen molar-refractivity contribution in [2.45, 2.75) is 6.42 Å². The number of hydrogen-bond acceptors (Lipinski definition) is 4. The second-order valence-electron chi connectivity index (χ2n) is 2.65. The fraction of sp³-hybridized carbons (Fsp3) is 0.100. The highest BCUT2D eigenvalue weighted by Gasteiger charge is 2.01. The summed E-state index contributed by atoms with van der Waals surface area (Å²) < 4.78 is 4.83. The van der Waals surface area contributed by atoms with Crippen molar-refractivity contribution >= 4 is 24.0 Å². The summed E-state index contributed by atoms with van der Waals surface area (Å²) in [6, 6.07) is 3.38. The van der Waals surface area contributed by atoms with E-state index < -0.39 is 24.3 Å². The molecule has 0 radical (unpaired) electrons. The number of carboxylic acids is 3. The Bertz CT molecular complexity index is 390. The minimum absolute atomic E-state index is 0.544. The van der Waals surface area contributed by atoms with Crippen LogP contribution in [0, 0.1) is 0 Å². The van der Waals surface area contributed by atoms with E-state index in [0.29, 0.717) is 5.76 Å². The van der Waals surface area contributed by atoms with Crippen molar-refractivity contribution in [2.75, 3.05) is 0 Å². The first kappa shape index (κ1) is 14.4. The van der Waals surface area contributed by atoms with Crippen LogP contribution in [-0.2, 0) is 14.4 Å². The van der Waals surface area contributed by atoms with Crippen LogP contribution in [0.5, 0.6) is 0 Å². The molecule has 17 heavy (non-hydrogen) atoms. The van der Waals surface area contributed by atoms with E-state index in [9.17, 15) is 14.4 Å². The molecular weight excluding hydrogens is 232 g/mol. The molecule has 0 aliphatic carbocycles. The molecule has 7 heteroatoms.